The van der Waals surface area contributed by atoms with E-state index in [0.717, 1.165) is 5.52 Å². The maximum Gasteiger partial charge on any atom is 0.227 e. The van der Waals surface area contributed by atoms with Crippen molar-refractivity contribution in [1.29, 1.82) is 0 Å². The van der Waals surface area contributed by atoms with Gasteiger partial charge in [-0.3, -0.25) is 9.59 Å². The van der Waals surface area contributed by atoms with Gasteiger partial charge in [-0.25, -0.2) is 4.98 Å². The molecule has 1 aromatic carbocycles. The van der Waals surface area contributed by atoms with Crippen LogP contribution < -0.4 is 10.6 Å². The molecule has 2 heterocycles. The first-order chi connectivity index (χ1) is 8.65. The van der Waals surface area contributed by atoms with E-state index in [1.54, 1.807) is 23.1 Å². The zero-order valence-electron chi connectivity index (χ0n) is 9.50. The normalized spacial score (nSPS) is 19.7. The van der Waals surface area contributed by atoms with Gasteiger partial charge in [0.25, 0.3) is 0 Å². The second-order valence-corrected chi connectivity index (χ2v) is 4.31. The summed E-state index contributed by atoms with van der Waals surface area (Å²) in [5.41, 5.74) is 7.28. The van der Waals surface area contributed by atoms with Crippen LogP contribution in [0.4, 0.5) is 5.69 Å². The molecule has 2 amide bonds. The van der Waals surface area contributed by atoms with Gasteiger partial charge in [-0.1, -0.05) is 0 Å². The van der Waals surface area contributed by atoms with Crippen molar-refractivity contribution in [1.82, 2.24) is 4.98 Å². The first-order valence-corrected chi connectivity index (χ1v) is 5.58. The van der Waals surface area contributed by atoms with Gasteiger partial charge in [-0.2, -0.15) is 0 Å². The summed E-state index contributed by atoms with van der Waals surface area (Å²) < 4.78 is 5.19. The summed E-state index contributed by atoms with van der Waals surface area (Å²) >= 11 is 0. The monoisotopic (exact) mass is 245 g/mol. The Hall–Kier alpha value is -2.37. The van der Waals surface area contributed by atoms with Gasteiger partial charge in [0.15, 0.2) is 12.0 Å². The second kappa shape index (κ2) is 3.83. The van der Waals surface area contributed by atoms with E-state index in [9.17, 15) is 9.59 Å². The summed E-state index contributed by atoms with van der Waals surface area (Å²) in [6.07, 6.45) is 1.52. The summed E-state index contributed by atoms with van der Waals surface area (Å²) in [6, 6.07) is 5.30. The molecule has 1 aliphatic rings. The predicted octanol–water partition coefficient (Wildman–Crippen LogP) is 0.666. The van der Waals surface area contributed by atoms with Gasteiger partial charge in [0.2, 0.25) is 11.8 Å². The molecule has 1 unspecified atom stereocenters. The van der Waals surface area contributed by atoms with E-state index in [4.69, 9.17) is 10.2 Å². The maximum atomic E-state index is 11.8. The molecule has 92 valence electrons. The second-order valence-electron chi connectivity index (χ2n) is 4.31. The largest absolute Gasteiger partial charge is 0.443 e. The van der Waals surface area contributed by atoms with Crippen molar-refractivity contribution in [3.8, 4) is 0 Å². The molecule has 6 heteroatoms. The molecule has 0 aliphatic carbocycles. The van der Waals surface area contributed by atoms with Crippen molar-refractivity contribution in [2.45, 2.75) is 6.42 Å². The lowest BCUT2D eigenvalue weighted by atomic mass is 10.1. The summed E-state index contributed by atoms with van der Waals surface area (Å²) in [6.45, 7) is 0.327. The van der Waals surface area contributed by atoms with Crippen LogP contribution >= 0.6 is 0 Å². The van der Waals surface area contributed by atoms with Crippen molar-refractivity contribution < 1.29 is 14.0 Å². The van der Waals surface area contributed by atoms with Crippen molar-refractivity contribution in [2.24, 2.45) is 11.7 Å². The van der Waals surface area contributed by atoms with E-state index in [1.807, 2.05) is 0 Å². The molecular weight excluding hydrogens is 234 g/mol. The van der Waals surface area contributed by atoms with Gasteiger partial charge in [0.1, 0.15) is 5.52 Å². The highest BCUT2D eigenvalue weighted by atomic mass is 16.3. The van der Waals surface area contributed by atoms with E-state index in [2.05, 4.69) is 4.98 Å². The Morgan fingerprint density at radius 2 is 2.33 bits per heavy atom. The van der Waals surface area contributed by atoms with E-state index >= 15 is 0 Å². The van der Waals surface area contributed by atoms with Crippen molar-refractivity contribution >= 4 is 28.6 Å². The van der Waals surface area contributed by atoms with Crippen molar-refractivity contribution in [3.63, 3.8) is 0 Å². The number of carbonyl (C=O) groups excluding carboxylic acids is 2. The van der Waals surface area contributed by atoms with Gasteiger partial charge >= 0.3 is 0 Å². The number of fused-ring (bicyclic) bond motifs is 1. The minimum absolute atomic E-state index is 0.0994. The predicted molar refractivity (Wildman–Crippen MR) is 63.7 cm³/mol. The number of rotatable bonds is 2. The average molecular weight is 245 g/mol. The number of amides is 2. The van der Waals surface area contributed by atoms with Crippen molar-refractivity contribution in [2.75, 3.05) is 11.4 Å². The Labute approximate surface area is 102 Å². The fraction of sp³-hybridized carbons (Fsp3) is 0.250. The molecule has 2 aromatic rings. The lowest BCUT2D eigenvalue weighted by Crippen LogP contribution is -2.28. The number of benzene rings is 1. The standard InChI is InChI=1S/C12H11N3O3/c13-12(17)7-3-11(16)15(5-7)8-1-2-9-10(4-8)18-6-14-9/h1-2,4,6-7H,3,5H2,(H2,13,17). The Balaban J connectivity index is 1.94. The molecule has 18 heavy (non-hydrogen) atoms. The number of oxazole rings is 1. The third kappa shape index (κ3) is 1.62. The molecular formula is C12H11N3O3. The number of primary amides is 1. The number of carbonyl (C=O) groups is 2. The molecule has 1 fully saturated rings. The molecule has 0 spiro atoms. The zero-order valence-corrected chi connectivity index (χ0v) is 9.50. The minimum atomic E-state index is -0.438. The first kappa shape index (κ1) is 10.8. The summed E-state index contributed by atoms with van der Waals surface area (Å²) in [7, 11) is 0. The number of hydrogen-bond donors (Lipinski definition) is 1. The first-order valence-electron chi connectivity index (χ1n) is 5.58. The van der Waals surface area contributed by atoms with Crippen LogP contribution in [0.1, 0.15) is 6.42 Å². The lowest BCUT2D eigenvalue weighted by molar-refractivity contribution is -0.123. The molecule has 0 saturated carbocycles. The van der Waals surface area contributed by atoms with Crippen LogP contribution in [0.15, 0.2) is 29.0 Å². The fourth-order valence-corrected chi connectivity index (χ4v) is 2.16. The summed E-state index contributed by atoms with van der Waals surface area (Å²) in [4.78, 5) is 28.5. The SMILES string of the molecule is NC(=O)C1CC(=O)N(c2ccc3ncoc3c2)C1. The summed E-state index contributed by atoms with van der Waals surface area (Å²) in [5, 5.41) is 0. The fourth-order valence-electron chi connectivity index (χ4n) is 2.16. The van der Waals surface area contributed by atoms with Crippen LogP contribution in [-0.2, 0) is 9.59 Å². The number of anilines is 1. The van der Waals surface area contributed by atoms with Crippen LogP contribution in [0.25, 0.3) is 11.1 Å². The Morgan fingerprint density at radius 1 is 1.50 bits per heavy atom. The third-order valence-corrected chi connectivity index (χ3v) is 3.15. The van der Waals surface area contributed by atoms with Gasteiger partial charge in [0.05, 0.1) is 5.92 Å². The van der Waals surface area contributed by atoms with E-state index in [0.29, 0.717) is 17.8 Å². The molecule has 1 atom stereocenters. The molecule has 1 aliphatic heterocycles. The lowest BCUT2D eigenvalue weighted by Gasteiger charge is -2.15. The van der Waals surface area contributed by atoms with Gasteiger partial charge in [-0.15, -0.1) is 0 Å². The van der Waals surface area contributed by atoms with E-state index in [-0.39, 0.29) is 12.3 Å². The molecule has 2 N–H and O–H groups in total. The number of aromatic nitrogens is 1. The zero-order chi connectivity index (χ0) is 12.7. The summed E-state index contributed by atoms with van der Waals surface area (Å²) in [5.74, 6) is -0.952. The Kier molecular flexibility index (Phi) is 2.29. The highest BCUT2D eigenvalue weighted by molar-refractivity contribution is 6.00. The topological polar surface area (TPSA) is 89.4 Å². The van der Waals surface area contributed by atoms with Gasteiger partial charge < -0.3 is 15.1 Å². The molecule has 3 rings (SSSR count). The number of nitrogens with zero attached hydrogens (tertiary/aromatic N) is 2. The molecule has 1 saturated heterocycles. The minimum Gasteiger partial charge on any atom is -0.443 e. The molecule has 0 radical (unpaired) electrons. The van der Waals surface area contributed by atoms with E-state index < -0.39 is 11.8 Å². The van der Waals surface area contributed by atoms with Crippen LogP contribution in [0.5, 0.6) is 0 Å². The third-order valence-electron chi connectivity index (χ3n) is 3.15. The molecule has 1 aromatic heterocycles. The smallest absolute Gasteiger partial charge is 0.227 e. The average Bonchev–Trinajstić information content (AvgIpc) is 2.93. The Bertz CT molecular complexity index is 634. The Morgan fingerprint density at radius 3 is 3.06 bits per heavy atom. The molecule has 0 bridgehead atoms. The number of nitrogens with two attached hydrogens (primary N) is 1. The number of hydrogen-bond acceptors (Lipinski definition) is 4. The van der Waals surface area contributed by atoms with Crippen LogP contribution in [0.3, 0.4) is 0 Å². The molecule has 6 nitrogen and oxygen atoms in total. The highest BCUT2D eigenvalue weighted by Gasteiger charge is 2.34. The van der Waals surface area contributed by atoms with Crippen LogP contribution in [-0.4, -0.2) is 23.3 Å². The van der Waals surface area contributed by atoms with E-state index in [1.165, 1.54) is 6.39 Å². The van der Waals surface area contributed by atoms with Crippen LogP contribution in [0, 0.1) is 5.92 Å². The maximum absolute atomic E-state index is 11.8. The quantitative estimate of drug-likeness (QED) is 0.841. The highest BCUT2D eigenvalue weighted by Crippen LogP contribution is 2.27. The van der Waals surface area contributed by atoms with Gasteiger partial charge in [0, 0.05) is 24.7 Å². The van der Waals surface area contributed by atoms with Crippen molar-refractivity contribution in [3.05, 3.63) is 24.6 Å². The van der Waals surface area contributed by atoms with Gasteiger partial charge in [-0.05, 0) is 12.1 Å². The van der Waals surface area contributed by atoms with Crippen LogP contribution in [0.2, 0.25) is 0 Å².